The highest BCUT2D eigenvalue weighted by molar-refractivity contribution is 5.99. The average molecular weight is 327 g/mol. The lowest BCUT2D eigenvalue weighted by Gasteiger charge is -2.22. The fraction of sp³-hybridized carbons (Fsp3) is 0.389. The van der Waals surface area contributed by atoms with Gasteiger partial charge in [-0.05, 0) is 44.7 Å². The number of anilines is 1. The number of hydrogen-bond donors (Lipinski definition) is 1. The van der Waals surface area contributed by atoms with Crippen molar-refractivity contribution in [2.45, 2.75) is 26.7 Å². The molecule has 1 aliphatic rings. The van der Waals surface area contributed by atoms with Gasteiger partial charge in [0.05, 0.1) is 0 Å². The summed E-state index contributed by atoms with van der Waals surface area (Å²) >= 11 is 0. The maximum Gasteiger partial charge on any atom is 0.254 e. The van der Waals surface area contributed by atoms with E-state index in [1.165, 1.54) is 0 Å². The summed E-state index contributed by atoms with van der Waals surface area (Å²) in [6.07, 6.45) is 2.23. The molecule has 2 aromatic rings. The summed E-state index contributed by atoms with van der Waals surface area (Å²) in [4.78, 5) is 26.6. The zero-order valence-electron chi connectivity index (χ0n) is 13.9. The van der Waals surface area contributed by atoms with Crippen LogP contribution in [0.4, 0.5) is 5.82 Å². The molecule has 0 unspecified atom stereocenters. The van der Waals surface area contributed by atoms with Crippen LogP contribution in [0.3, 0.4) is 0 Å². The molecule has 2 amide bonds. The van der Waals surface area contributed by atoms with Crippen LogP contribution in [0.1, 0.15) is 34.5 Å². The number of nitrogens with zero attached hydrogens (tertiary/aromatic N) is 2. The molecule has 24 heavy (non-hydrogen) atoms. The quantitative estimate of drug-likeness (QED) is 0.885. The molecule has 6 heteroatoms. The third-order valence-electron chi connectivity index (χ3n) is 3.99. The second-order valence-corrected chi connectivity index (χ2v) is 6.37. The van der Waals surface area contributed by atoms with Crippen molar-refractivity contribution in [3.63, 3.8) is 0 Å². The minimum atomic E-state index is -0.274. The molecular weight excluding hydrogens is 306 g/mol. The molecule has 126 valence electrons. The number of rotatable bonds is 6. The zero-order valence-corrected chi connectivity index (χ0v) is 13.9. The van der Waals surface area contributed by atoms with Gasteiger partial charge in [-0.1, -0.05) is 22.9 Å². The lowest BCUT2D eigenvalue weighted by Crippen LogP contribution is -2.39. The van der Waals surface area contributed by atoms with E-state index in [-0.39, 0.29) is 18.4 Å². The van der Waals surface area contributed by atoms with Gasteiger partial charge < -0.3 is 14.7 Å². The number of amides is 2. The van der Waals surface area contributed by atoms with E-state index in [0.717, 1.165) is 18.4 Å². The standard InChI is InChI=1S/C18H21N3O3/c1-12-3-7-15(8-4-12)18(23)21(10-14-5-6-14)11-17(22)19-16-9-13(2)24-20-16/h3-4,7-9,14H,5-6,10-11H2,1-2H3,(H,19,20,22). The summed E-state index contributed by atoms with van der Waals surface area (Å²) < 4.78 is 4.93. The van der Waals surface area contributed by atoms with Gasteiger partial charge in [-0.25, -0.2) is 0 Å². The smallest absolute Gasteiger partial charge is 0.254 e. The third kappa shape index (κ3) is 4.22. The van der Waals surface area contributed by atoms with Gasteiger partial charge in [0.15, 0.2) is 5.82 Å². The SMILES string of the molecule is Cc1ccc(C(=O)N(CC(=O)Nc2cc(C)on2)CC2CC2)cc1. The van der Waals surface area contributed by atoms with Crippen LogP contribution in [0.15, 0.2) is 34.9 Å². The van der Waals surface area contributed by atoms with E-state index in [9.17, 15) is 9.59 Å². The van der Waals surface area contributed by atoms with E-state index < -0.39 is 0 Å². The molecule has 1 aliphatic carbocycles. The van der Waals surface area contributed by atoms with E-state index in [2.05, 4.69) is 10.5 Å². The molecule has 0 bridgehead atoms. The predicted molar refractivity (Wildman–Crippen MR) is 89.7 cm³/mol. The lowest BCUT2D eigenvalue weighted by atomic mass is 10.1. The number of hydrogen-bond acceptors (Lipinski definition) is 4. The van der Waals surface area contributed by atoms with E-state index in [1.54, 1.807) is 30.0 Å². The highest BCUT2D eigenvalue weighted by Gasteiger charge is 2.28. The van der Waals surface area contributed by atoms with E-state index in [1.807, 2.05) is 19.1 Å². The van der Waals surface area contributed by atoms with Crippen LogP contribution < -0.4 is 5.32 Å². The first kappa shape index (κ1) is 16.2. The van der Waals surface area contributed by atoms with Crippen molar-refractivity contribution in [3.8, 4) is 0 Å². The van der Waals surface area contributed by atoms with Crippen LogP contribution in [-0.2, 0) is 4.79 Å². The van der Waals surface area contributed by atoms with E-state index >= 15 is 0 Å². The van der Waals surface area contributed by atoms with Crippen molar-refractivity contribution in [1.82, 2.24) is 10.1 Å². The zero-order chi connectivity index (χ0) is 17.1. The lowest BCUT2D eigenvalue weighted by molar-refractivity contribution is -0.117. The van der Waals surface area contributed by atoms with Gasteiger partial charge in [0.1, 0.15) is 12.3 Å². The van der Waals surface area contributed by atoms with Crippen LogP contribution in [0, 0.1) is 19.8 Å². The first-order valence-corrected chi connectivity index (χ1v) is 8.10. The second kappa shape index (κ2) is 6.86. The summed E-state index contributed by atoms with van der Waals surface area (Å²) in [5.74, 6) is 1.10. The molecular formula is C18H21N3O3. The Morgan fingerprint density at radius 3 is 2.54 bits per heavy atom. The van der Waals surface area contributed by atoms with Gasteiger partial charge in [0.2, 0.25) is 5.91 Å². The van der Waals surface area contributed by atoms with Gasteiger partial charge in [-0.2, -0.15) is 0 Å². The summed E-state index contributed by atoms with van der Waals surface area (Å²) in [6.45, 7) is 4.35. The minimum absolute atomic E-state index is 0.00905. The van der Waals surface area contributed by atoms with Crippen LogP contribution in [0.2, 0.25) is 0 Å². The molecule has 0 spiro atoms. The van der Waals surface area contributed by atoms with E-state index in [4.69, 9.17) is 4.52 Å². The molecule has 1 N–H and O–H groups in total. The van der Waals surface area contributed by atoms with Gasteiger partial charge in [0, 0.05) is 18.2 Å². The van der Waals surface area contributed by atoms with Crippen LogP contribution in [0.25, 0.3) is 0 Å². The van der Waals surface area contributed by atoms with Gasteiger partial charge in [-0.3, -0.25) is 9.59 Å². The molecule has 6 nitrogen and oxygen atoms in total. The normalized spacial score (nSPS) is 13.6. The molecule has 0 aliphatic heterocycles. The molecule has 1 saturated carbocycles. The monoisotopic (exact) mass is 327 g/mol. The van der Waals surface area contributed by atoms with E-state index in [0.29, 0.717) is 29.6 Å². The highest BCUT2D eigenvalue weighted by atomic mass is 16.5. The summed E-state index contributed by atoms with van der Waals surface area (Å²) in [7, 11) is 0. The number of carbonyl (C=O) groups is 2. The maximum atomic E-state index is 12.7. The molecule has 0 atom stereocenters. The van der Waals surface area contributed by atoms with Gasteiger partial charge >= 0.3 is 0 Å². The van der Waals surface area contributed by atoms with Crippen LogP contribution in [-0.4, -0.2) is 35.0 Å². The van der Waals surface area contributed by atoms with Crippen molar-refractivity contribution in [2.24, 2.45) is 5.92 Å². The number of nitrogens with one attached hydrogen (secondary N) is 1. The Balaban J connectivity index is 1.67. The summed E-state index contributed by atoms with van der Waals surface area (Å²) in [5, 5.41) is 6.40. The largest absolute Gasteiger partial charge is 0.360 e. The van der Waals surface area contributed by atoms with Gasteiger partial charge in [-0.15, -0.1) is 0 Å². The number of aryl methyl sites for hydroxylation is 2. The minimum Gasteiger partial charge on any atom is -0.360 e. The third-order valence-corrected chi connectivity index (χ3v) is 3.99. The molecule has 1 aromatic carbocycles. The summed E-state index contributed by atoms with van der Waals surface area (Å²) in [6, 6.07) is 9.05. The van der Waals surface area contributed by atoms with Crippen molar-refractivity contribution < 1.29 is 14.1 Å². The molecule has 1 fully saturated rings. The van der Waals surface area contributed by atoms with Crippen LogP contribution >= 0.6 is 0 Å². The van der Waals surface area contributed by atoms with Crippen molar-refractivity contribution in [3.05, 3.63) is 47.2 Å². The van der Waals surface area contributed by atoms with Crippen LogP contribution in [0.5, 0.6) is 0 Å². The molecule has 1 heterocycles. The van der Waals surface area contributed by atoms with Gasteiger partial charge in [0.25, 0.3) is 5.91 Å². The number of benzene rings is 1. The fourth-order valence-electron chi connectivity index (χ4n) is 2.49. The first-order valence-electron chi connectivity index (χ1n) is 8.10. The van der Waals surface area contributed by atoms with Crippen molar-refractivity contribution in [1.29, 1.82) is 0 Å². The topological polar surface area (TPSA) is 75.4 Å². The maximum absolute atomic E-state index is 12.7. The number of carbonyl (C=O) groups excluding carboxylic acids is 2. The first-order chi connectivity index (χ1) is 11.5. The molecule has 3 rings (SSSR count). The predicted octanol–water partition coefficient (Wildman–Crippen LogP) is 2.78. The average Bonchev–Trinajstić information content (AvgIpc) is 3.27. The molecule has 0 saturated heterocycles. The Morgan fingerprint density at radius 2 is 1.96 bits per heavy atom. The van der Waals surface area contributed by atoms with Crippen molar-refractivity contribution >= 4 is 17.6 Å². The number of aromatic nitrogens is 1. The Hall–Kier alpha value is -2.63. The Labute approximate surface area is 140 Å². The summed E-state index contributed by atoms with van der Waals surface area (Å²) in [5.41, 5.74) is 1.70. The second-order valence-electron chi connectivity index (χ2n) is 6.37. The molecule has 0 radical (unpaired) electrons. The Morgan fingerprint density at radius 1 is 1.25 bits per heavy atom. The Bertz CT molecular complexity index is 732. The molecule has 1 aromatic heterocycles. The Kier molecular flexibility index (Phi) is 4.64. The highest BCUT2D eigenvalue weighted by Crippen LogP contribution is 2.30. The van der Waals surface area contributed by atoms with Crippen molar-refractivity contribution in [2.75, 3.05) is 18.4 Å². The fourth-order valence-corrected chi connectivity index (χ4v) is 2.49.